The first kappa shape index (κ1) is 19.9. The number of aliphatic hydroxyl groups excluding tert-OH is 1. The summed E-state index contributed by atoms with van der Waals surface area (Å²) in [5.74, 6) is 1.47. The van der Waals surface area contributed by atoms with E-state index in [-0.39, 0.29) is 0 Å². The topological polar surface area (TPSA) is 50.7 Å². The van der Waals surface area contributed by atoms with Crippen LogP contribution in [-0.2, 0) is 13.2 Å². The lowest BCUT2D eigenvalue weighted by Crippen LogP contribution is -2.21. The molecular formula is C24H27NO3. The van der Waals surface area contributed by atoms with Crippen molar-refractivity contribution in [2.75, 3.05) is 13.2 Å². The van der Waals surface area contributed by atoms with E-state index in [4.69, 9.17) is 9.47 Å². The fourth-order valence-electron chi connectivity index (χ4n) is 2.93. The Morgan fingerprint density at radius 3 is 2.25 bits per heavy atom. The molecular weight excluding hydrogens is 350 g/mol. The fraction of sp³-hybridized carbons (Fsp3) is 0.250. The van der Waals surface area contributed by atoms with Crippen LogP contribution in [0.3, 0.4) is 0 Å². The lowest BCUT2D eigenvalue weighted by molar-refractivity contribution is 0.174. The van der Waals surface area contributed by atoms with Crippen molar-refractivity contribution < 1.29 is 14.6 Å². The van der Waals surface area contributed by atoms with E-state index in [2.05, 4.69) is 5.32 Å². The van der Waals surface area contributed by atoms with Crippen LogP contribution in [0.25, 0.3) is 0 Å². The van der Waals surface area contributed by atoms with Crippen LogP contribution in [0, 0.1) is 0 Å². The van der Waals surface area contributed by atoms with Crippen molar-refractivity contribution in [3.63, 3.8) is 0 Å². The van der Waals surface area contributed by atoms with Crippen molar-refractivity contribution >= 4 is 0 Å². The molecule has 4 nitrogen and oxygen atoms in total. The van der Waals surface area contributed by atoms with E-state index in [0.717, 1.165) is 28.2 Å². The van der Waals surface area contributed by atoms with Gasteiger partial charge in [-0.15, -0.1) is 0 Å². The number of benzene rings is 3. The van der Waals surface area contributed by atoms with Gasteiger partial charge in [0.1, 0.15) is 6.61 Å². The molecule has 3 rings (SSSR count). The molecule has 4 heteroatoms. The van der Waals surface area contributed by atoms with Crippen LogP contribution >= 0.6 is 0 Å². The van der Waals surface area contributed by atoms with Gasteiger partial charge in [-0.3, -0.25) is 0 Å². The van der Waals surface area contributed by atoms with Crippen LogP contribution < -0.4 is 14.8 Å². The highest BCUT2D eigenvalue weighted by atomic mass is 16.5. The highest BCUT2D eigenvalue weighted by Gasteiger charge is 2.09. The third-order valence-corrected chi connectivity index (χ3v) is 4.40. The lowest BCUT2D eigenvalue weighted by atomic mass is 10.1. The SMILES string of the molecule is CCOc1cc(CNCC(O)c2ccccc2)ccc1OCc1ccccc1. The smallest absolute Gasteiger partial charge is 0.161 e. The summed E-state index contributed by atoms with van der Waals surface area (Å²) in [7, 11) is 0. The van der Waals surface area contributed by atoms with Crippen LogP contribution in [-0.4, -0.2) is 18.3 Å². The Labute approximate surface area is 166 Å². The molecule has 3 aromatic carbocycles. The second-order valence-corrected chi connectivity index (χ2v) is 6.55. The summed E-state index contributed by atoms with van der Waals surface area (Å²) >= 11 is 0. The Morgan fingerprint density at radius 2 is 1.54 bits per heavy atom. The average molecular weight is 377 g/mol. The fourth-order valence-corrected chi connectivity index (χ4v) is 2.93. The number of nitrogens with one attached hydrogen (secondary N) is 1. The molecule has 3 aromatic rings. The first-order chi connectivity index (χ1) is 13.8. The molecule has 0 amide bonds. The summed E-state index contributed by atoms with van der Waals surface area (Å²) in [5.41, 5.74) is 3.11. The normalized spacial score (nSPS) is 11.8. The van der Waals surface area contributed by atoms with Crippen LogP contribution in [0.5, 0.6) is 11.5 Å². The third-order valence-electron chi connectivity index (χ3n) is 4.40. The minimum absolute atomic E-state index is 0.486. The number of ether oxygens (including phenoxy) is 2. The van der Waals surface area contributed by atoms with Gasteiger partial charge >= 0.3 is 0 Å². The monoisotopic (exact) mass is 377 g/mol. The number of rotatable bonds is 10. The van der Waals surface area contributed by atoms with Crippen LogP contribution in [0.2, 0.25) is 0 Å². The van der Waals surface area contributed by atoms with Gasteiger partial charge in [0.05, 0.1) is 12.7 Å². The van der Waals surface area contributed by atoms with Gasteiger partial charge in [-0.1, -0.05) is 66.7 Å². The van der Waals surface area contributed by atoms with E-state index in [1.807, 2.05) is 85.8 Å². The summed E-state index contributed by atoms with van der Waals surface area (Å²) in [6, 6.07) is 25.7. The maximum absolute atomic E-state index is 10.3. The van der Waals surface area contributed by atoms with E-state index < -0.39 is 6.10 Å². The molecule has 0 fully saturated rings. The van der Waals surface area contributed by atoms with Gasteiger partial charge in [0.2, 0.25) is 0 Å². The molecule has 0 saturated heterocycles. The van der Waals surface area contributed by atoms with E-state index in [9.17, 15) is 5.11 Å². The van der Waals surface area contributed by atoms with Crippen LogP contribution in [0.1, 0.15) is 29.7 Å². The zero-order chi connectivity index (χ0) is 19.6. The highest BCUT2D eigenvalue weighted by Crippen LogP contribution is 2.29. The first-order valence-electron chi connectivity index (χ1n) is 9.62. The van der Waals surface area contributed by atoms with Crippen LogP contribution in [0.15, 0.2) is 78.9 Å². The minimum atomic E-state index is -0.527. The number of hydrogen-bond donors (Lipinski definition) is 2. The first-order valence-corrected chi connectivity index (χ1v) is 9.62. The van der Waals surface area contributed by atoms with Crippen molar-refractivity contribution in [2.45, 2.75) is 26.2 Å². The molecule has 146 valence electrons. The molecule has 0 aliphatic carbocycles. The minimum Gasteiger partial charge on any atom is -0.490 e. The molecule has 28 heavy (non-hydrogen) atoms. The van der Waals surface area contributed by atoms with Gasteiger partial charge in [-0.2, -0.15) is 0 Å². The lowest BCUT2D eigenvalue weighted by Gasteiger charge is -2.15. The summed E-state index contributed by atoms with van der Waals surface area (Å²) in [6.45, 7) is 4.17. The molecule has 1 unspecified atom stereocenters. The zero-order valence-corrected chi connectivity index (χ0v) is 16.2. The van der Waals surface area contributed by atoms with Gasteiger partial charge in [0.15, 0.2) is 11.5 Å². The van der Waals surface area contributed by atoms with Crippen molar-refractivity contribution in [3.8, 4) is 11.5 Å². The molecule has 0 saturated carbocycles. The summed E-state index contributed by atoms with van der Waals surface area (Å²) in [4.78, 5) is 0. The Bertz CT molecular complexity index is 837. The Morgan fingerprint density at radius 1 is 0.821 bits per heavy atom. The molecule has 0 aromatic heterocycles. The predicted molar refractivity (Wildman–Crippen MR) is 111 cm³/mol. The second-order valence-electron chi connectivity index (χ2n) is 6.55. The molecule has 0 spiro atoms. The van der Waals surface area contributed by atoms with E-state index in [0.29, 0.717) is 26.3 Å². The van der Waals surface area contributed by atoms with E-state index in [1.54, 1.807) is 0 Å². The van der Waals surface area contributed by atoms with Crippen molar-refractivity contribution in [1.29, 1.82) is 0 Å². The van der Waals surface area contributed by atoms with E-state index >= 15 is 0 Å². The maximum atomic E-state index is 10.3. The third kappa shape index (κ3) is 5.84. The number of aliphatic hydroxyl groups is 1. The summed E-state index contributed by atoms with van der Waals surface area (Å²) < 4.78 is 11.7. The molecule has 2 N–H and O–H groups in total. The highest BCUT2D eigenvalue weighted by molar-refractivity contribution is 5.43. The Balaban J connectivity index is 1.57. The largest absolute Gasteiger partial charge is 0.490 e. The van der Waals surface area contributed by atoms with E-state index in [1.165, 1.54) is 0 Å². The molecule has 0 aliphatic rings. The van der Waals surface area contributed by atoms with Gasteiger partial charge in [-0.05, 0) is 35.7 Å². The molecule has 1 atom stereocenters. The molecule has 0 heterocycles. The summed E-state index contributed by atoms with van der Waals surface area (Å²) in [5, 5.41) is 13.6. The summed E-state index contributed by atoms with van der Waals surface area (Å²) in [6.07, 6.45) is -0.527. The second kappa shape index (κ2) is 10.5. The van der Waals surface area contributed by atoms with Gasteiger partial charge in [0, 0.05) is 13.1 Å². The van der Waals surface area contributed by atoms with Gasteiger partial charge in [0.25, 0.3) is 0 Å². The number of hydrogen-bond acceptors (Lipinski definition) is 4. The average Bonchev–Trinajstić information content (AvgIpc) is 2.75. The quantitative estimate of drug-likeness (QED) is 0.547. The molecule has 0 aliphatic heterocycles. The molecule has 0 bridgehead atoms. The van der Waals surface area contributed by atoms with Gasteiger partial charge < -0.3 is 19.9 Å². The maximum Gasteiger partial charge on any atom is 0.161 e. The molecule has 0 radical (unpaired) electrons. The van der Waals surface area contributed by atoms with Gasteiger partial charge in [-0.25, -0.2) is 0 Å². The predicted octanol–water partition coefficient (Wildman–Crippen LogP) is 4.49. The standard InChI is InChI=1S/C24H27NO3/c1-2-27-24-15-20(16-25-17-22(26)21-11-7-4-8-12-21)13-14-23(24)28-18-19-9-5-3-6-10-19/h3-15,22,25-26H,2,16-18H2,1H3. The Hall–Kier alpha value is -2.82. The van der Waals surface area contributed by atoms with Crippen molar-refractivity contribution in [2.24, 2.45) is 0 Å². The Kier molecular flexibility index (Phi) is 7.47. The van der Waals surface area contributed by atoms with Crippen molar-refractivity contribution in [1.82, 2.24) is 5.32 Å². The van der Waals surface area contributed by atoms with Crippen LogP contribution in [0.4, 0.5) is 0 Å². The zero-order valence-electron chi connectivity index (χ0n) is 16.2. The van der Waals surface area contributed by atoms with Crippen molar-refractivity contribution in [3.05, 3.63) is 95.6 Å².